The molecule has 1 aromatic heterocycles. The van der Waals surface area contributed by atoms with Crippen LogP contribution in [0.15, 0.2) is 35.1 Å². The largest absolute Gasteiger partial charge is 0.383 e. The minimum Gasteiger partial charge on any atom is -0.383 e. The number of benzene rings is 1. The molecule has 0 aliphatic rings. The first-order chi connectivity index (χ1) is 10.2. The molecular weight excluding hydrogens is 284 g/mol. The van der Waals surface area contributed by atoms with E-state index in [1.165, 1.54) is 10.2 Å². The van der Waals surface area contributed by atoms with Gasteiger partial charge in [-0.05, 0) is 18.1 Å². The van der Waals surface area contributed by atoms with Crippen molar-refractivity contribution in [3.8, 4) is 11.3 Å². The Kier molecular flexibility index (Phi) is 5.59. The summed E-state index contributed by atoms with van der Waals surface area (Å²) in [5.41, 5.74) is 3.62. The molecule has 21 heavy (non-hydrogen) atoms. The van der Waals surface area contributed by atoms with Crippen molar-refractivity contribution in [1.29, 1.82) is 0 Å². The number of methoxy groups -OCH3 is 1. The summed E-state index contributed by atoms with van der Waals surface area (Å²) in [6, 6.07) is 10.1. The molecule has 0 bridgehead atoms. The minimum atomic E-state index is -0.101. The summed E-state index contributed by atoms with van der Waals surface area (Å²) in [6.07, 6.45) is 1.00. The van der Waals surface area contributed by atoms with Gasteiger partial charge in [0.25, 0.3) is 5.56 Å². The number of rotatable bonds is 6. The van der Waals surface area contributed by atoms with Crippen molar-refractivity contribution in [3.63, 3.8) is 0 Å². The van der Waals surface area contributed by atoms with Gasteiger partial charge in [0, 0.05) is 24.0 Å². The van der Waals surface area contributed by atoms with Gasteiger partial charge in [-0.1, -0.05) is 31.2 Å². The van der Waals surface area contributed by atoms with E-state index in [1.54, 1.807) is 7.11 Å². The Labute approximate surface area is 130 Å². The summed E-state index contributed by atoms with van der Waals surface area (Å²) in [5, 5.41) is 4.43. The molecule has 1 aromatic carbocycles. The molecule has 1 heterocycles. The first-order valence-electron chi connectivity index (χ1n) is 6.99. The third-order valence-electron chi connectivity index (χ3n) is 3.38. The van der Waals surface area contributed by atoms with Crippen molar-refractivity contribution in [2.45, 2.75) is 25.6 Å². The summed E-state index contributed by atoms with van der Waals surface area (Å²) in [7, 11) is 1.61. The van der Waals surface area contributed by atoms with Crippen LogP contribution in [-0.4, -0.2) is 23.5 Å². The zero-order valence-electron chi connectivity index (χ0n) is 12.4. The maximum absolute atomic E-state index is 12.2. The van der Waals surface area contributed by atoms with Crippen LogP contribution in [0.4, 0.5) is 0 Å². The topological polar surface area (TPSA) is 44.1 Å². The van der Waals surface area contributed by atoms with Crippen molar-refractivity contribution in [2.24, 2.45) is 0 Å². The van der Waals surface area contributed by atoms with Crippen molar-refractivity contribution < 1.29 is 4.74 Å². The van der Waals surface area contributed by atoms with E-state index in [4.69, 9.17) is 4.74 Å². The molecule has 0 unspecified atom stereocenters. The summed E-state index contributed by atoms with van der Waals surface area (Å²) in [6.45, 7) is 3.02. The van der Waals surface area contributed by atoms with Gasteiger partial charge in [-0.3, -0.25) is 4.79 Å². The fraction of sp³-hybridized carbons (Fsp3) is 0.375. The van der Waals surface area contributed by atoms with Gasteiger partial charge < -0.3 is 4.74 Å². The number of hydrogen-bond donors (Lipinski definition) is 1. The molecule has 2 rings (SSSR count). The molecule has 0 fully saturated rings. The molecule has 0 radical (unpaired) electrons. The fourth-order valence-corrected chi connectivity index (χ4v) is 2.32. The Morgan fingerprint density at radius 1 is 1.29 bits per heavy atom. The highest BCUT2D eigenvalue weighted by Crippen LogP contribution is 2.18. The van der Waals surface area contributed by atoms with E-state index >= 15 is 0 Å². The number of aromatic nitrogens is 2. The van der Waals surface area contributed by atoms with Gasteiger partial charge in [0.15, 0.2) is 0 Å². The summed E-state index contributed by atoms with van der Waals surface area (Å²) >= 11 is 4.24. The maximum Gasteiger partial charge on any atom is 0.270 e. The van der Waals surface area contributed by atoms with E-state index in [2.05, 4.69) is 36.8 Å². The van der Waals surface area contributed by atoms with Gasteiger partial charge in [0.1, 0.15) is 0 Å². The molecule has 5 heteroatoms. The number of nitrogens with zero attached hydrogens (tertiary/aromatic N) is 2. The monoisotopic (exact) mass is 304 g/mol. The van der Waals surface area contributed by atoms with Gasteiger partial charge in [-0.2, -0.15) is 17.7 Å². The Bertz CT molecular complexity index is 650. The van der Waals surface area contributed by atoms with Crippen LogP contribution in [-0.2, 0) is 23.5 Å². The Morgan fingerprint density at radius 2 is 2.00 bits per heavy atom. The molecule has 0 N–H and O–H groups in total. The second-order valence-electron chi connectivity index (χ2n) is 4.78. The molecule has 0 saturated carbocycles. The Morgan fingerprint density at radius 3 is 2.57 bits per heavy atom. The van der Waals surface area contributed by atoms with Crippen molar-refractivity contribution >= 4 is 12.6 Å². The van der Waals surface area contributed by atoms with Gasteiger partial charge in [-0.25, -0.2) is 4.68 Å². The van der Waals surface area contributed by atoms with Crippen molar-refractivity contribution in [2.75, 3.05) is 13.7 Å². The highest BCUT2D eigenvalue weighted by Gasteiger charge is 2.09. The molecule has 0 spiro atoms. The standard InChI is InChI=1S/C16H20N2O2S/c1-3-12-4-6-13(7-5-12)15-10-14(11-21)16(19)18(17-15)8-9-20-2/h4-7,10,21H,3,8-9,11H2,1-2H3. The number of thiol groups is 1. The van der Waals surface area contributed by atoms with Crippen molar-refractivity contribution in [1.82, 2.24) is 9.78 Å². The van der Waals surface area contributed by atoms with Crippen LogP contribution in [0.25, 0.3) is 11.3 Å². The van der Waals surface area contributed by atoms with E-state index in [-0.39, 0.29) is 5.56 Å². The lowest BCUT2D eigenvalue weighted by atomic mass is 10.1. The molecule has 4 nitrogen and oxygen atoms in total. The lowest BCUT2D eigenvalue weighted by Crippen LogP contribution is -2.27. The molecule has 0 saturated heterocycles. The van der Waals surface area contributed by atoms with Crippen LogP contribution < -0.4 is 5.56 Å². The summed E-state index contributed by atoms with van der Waals surface area (Å²) < 4.78 is 6.49. The molecule has 2 aromatic rings. The minimum absolute atomic E-state index is 0.101. The SMILES string of the molecule is CCc1ccc(-c2cc(CS)c(=O)n(CCOC)n2)cc1. The normalized spacial score (nSPS) is 10.8. The van der Waals surface area contributed by atoms with Crippen LogP contribution >= 0.6 is 12.6 Å². The van der Waals surface area contributed by atoms with E-state index in [0.717, 1.165) is 17.7 Å². The predicted molar refractivity (Wildman–Crippen MR) is 87.9 cm³/mol. The smallest absolute Gasteiger partial charge is 0.270 e. The van der Waals surface area contributed by atoms with E-state index in [9.17, 15) is 4.79 Å². The molecule has 0 amide bonds. The van der Waals surface area contributed by atoms with Gasteiger partial charge >= 0.3 is 0 Å². The molecular formula is C16H20N2O2S. The van der Waals surface area contributed by atoms with Crippen LogP contribution in [0.2, 0.25) is 0 Å². The summed E-state index contributed by atoms with van der Waals surface area (Å²) in [4.78, 5) is 12.2. The van der Waals surface area contributed by atoms with Gasteiger partial charge in [0.05, 0.1) is 18.8 Å². The second-order valence-corrected chi connectivity index (χ2v) is 5.10. The van der Waals surface area contributed by atoms with Crippen LogP contribution in [0.5, 0.6) is 0 Å². The highest BCUT2D eigenvalue weighted by atomic mass is 32.1. The quantitative estimate of drug-likeness (QED) is 0.834. The van der Waals surface area contributed by atoms with Crippen molar-refractivity contribution in [3.05, 3.63) is 51.8 Å². The van der Waals surface area contributed by atoms with Gasteiger partial charge in [-0.15, -0.1) is 0 Å². The van der Waals surface area contributed by atoms with Crippen LogP contribution in [0, 0.1) is 0 Å². The van der Waals surface area contributed by atoms with E-state index < -0.39 is 0 Å². The molecule has 0 atom stereocenters. The molecule has 112 valence electrons. The fourth-order valence-electron chi connectivity index (χ4n) is 2.09. The average Bonchev–Trinajstić information content (AvgIpc) is 2.54. The number of aryl methyl sites for hydroxylation is 1. The average molecular weight is 304 g/mol. The summed E-state index contributed by atoms with van der Waals surface area (Å²) in [5.74, 6) is 0.397. The zero-order chi connectivity index (χ0) is 15.2. The van der Waals surface area contributed by atoms with Gasteiger partial charge in [0.2, 0.25) is 0 Å². The third kappa shape index (κ3) is 3.74. The number of hydrogen-bond acceptors (Lipinski definition) is 4. The lowest BCUT2D eigenvalue weighted by molar-refractivity contribution is 0.182. The third-order valence-corrected chi connectivity index (χ3v) is 3.72. The second kappa shape index (κ2) is 7.43. The maximum atomic E-state index is 12.2. The first kappa shape index (κ1) is 15.8. The Hall–Kier alpha value is -1.59. The van der Waals surface area contributed by atoms with E-state index in [0.29, 0.717) is 24.5 Å². The number of ether oxygens (including phenoxy) is 1. The first-order valence-corrected chi connectivity index (χ1v) is 7.63. The lowest BCUT2D eigenvalue weighted by Gasteiger charge is -2.10. The molecule has 0 aliphatic carbocycles. The highest BCUT2D eigenvalue weighted by molar-refractivity contribution is 7.79. The predicted octanol–water partition coefficient (Wildman–Crippen LogP) is 2.55. The van der Waals surface area contributed by atoms with Crippen LogP contribution in [0.3, 0.4) is 0 Å². The zero-order valence-corrected chi connectivity index (χ0v) is 13.3. The molecule has 0 aliphatic heterocycles. The Balaban J connectivity index is 2.44. The van der Waals surface area contributed by atoms with Crippen LogP contribution in [0.1, 0.15) is 18.1 Å². The van der Waals surface area contributed by atoms with E-state index in [1.807, 2.05) is 18.2 Å².